The molecule has 1 aliphatic heterocycles. The molecule has 0 radical (unpaired) electrons. The van der Waals surface area contributed by atoms with Gasteiger partial charge >= 0.3 is 6.18 Å². The molecule has 114 valence electrons. The molecule has 0 aromatic heterocycles. The zero-order chi connectivity index (χ0) is 14.5. The molecule has 0 aromatic rings. The van der Waals surface area contributed by atoms with E-state index in [0.717, 1.165) is 19.6 Å². The molecule has 3 nitrogen and oxygen atoms in total. The summed E-state index contributed by atoms with van der Waals surface area (Å²) < 4.78 is 40.3. The van der Waals surface area contributed by atoms with Gasteiger partial charge in [0.05, 0.1) is 0 Å². The molecule has 0 saturated carbocycles. The summed E-state index contributed by atoms with van der Waals surface area (Å²) in [7, 11) is 0. The van der Waals surface area contributed by atoms with Crippen LogP contribution in [0.4, 0.5) is 13.2 Å². The maximum absolute atomic E-state index is 11.9. The summed E-state index contributed by atoms with van der Waals surface area (Å²) in [5.41, 5.74) is 0. The van der Waals surface area contributed by atoms with Crippen LogP contribution in [0.25, 0.3) is 0 Å². The minimum absolute atomic E-state index is 0.169. The molecule has 0 aliphatic carbocycles. The Balaban J connectivity index is 2.20. The number of hydrogen-bond acceptors (Lipinski definition) is 3. The quantitative estimate of drug-likeness (QED) is 0.756. The fourth-order valence-corrected chi connectivity index (χ4v) is 2.26. The first kappa shape index (κ1) is 16.7. The Morgan fingerprint density at radius 2 is 2.05 bits per heavy atom. The van der Waals surface area contributed by atoms with Crippen LogP contribution in [0, 0.1) is 5.92 Å². The maximum Gasteiger partial charge on any atom is 0.411 e. The highest BCUT2D eigenvalue weighted by Crippen LogP contribution is 2.15. The van der Waals surface area contributed by atoms with Crippen molar-refractivity contribution in [3.05, 3.63) is 0 Å². The van der Waals surface area contributed by atoms with Crippen LogP contribution in [-0.2, 0) is 4.74 Å². The Morgan fingerprint density at radius 3 is 2.63 bits per heavy atom. The largest absolute Gasteiger partial charge is 0.411 e. The van der Waals surface area contributed by atoms with Crippen LogP contribution in [0.3, 0.4) is 0 Å². The van der Waals surface area contributed by atoms with Crippen molar-refractivity contribution in [2.45, 2.75) is 45.5 Å². The van der Waals surface area contributed by atoms with Crippen molar-refractivity contribution < 1.29 is 17.9 Å². The molecule has 1 rings (SSSR count). The van der Waals surface area contributed by atoms with E-state index in [4.69, 9.17) is 0 Å². The van der Waals surface area contributed by atoms with Crippen LogP contribution < -0.4 is 5.32 Å². The summed E-state index contributed by atoms with van der Waals surface area (Å²) in [6.45, 7) is 8.21. The monoisotopic (exact) mass is 282 g/mol. The van der Waals surface area contributed by atoms with Crippen LogP contribution >= 0.6 is 0 Å². The Bertz CT molecular complexity index is 259. The predicted octanol–water partition coefficient (Wildman–Crippen LogP) is 2.27. The summed E-state index contributed by atoms with van der Waals surface area (Å²) in [5, 5.41) is 3.50. The number of halogens is 3. The Kier molecular flexibility index (Phi) is 6.56. The molecule has 1 N–H and O–H groups in total. The maximum atomic E-state index is 11.9. The third-order valence-electron chi connectivity index (χ3n) is 3.53. The SMILES string of the molecule is CC(C)C1CN(CCCOCC(F)(F)F)C(C)CN1. The van der Waals surface area contributed by atoms with Crippen LogP contribution in [0.2, 0.25) is 0 Å². The van der Waals surface area contributed by atoms with Gasteiger partial charge in [-0.15, -0.1) is 0 Å². The molecule has 1 saturated heterocycles. The average Bonchev–Trinajstić information content (AvgIpc) is 2.29. The van der Waals surface area contributed by atoms with Crippen molar-refractivity contribution in [3.8, 4) is 0 Å². The molecular formula is C13H25F3N2O. The van der Waals surface area contributed by atoms with Crippen molar-refractivity contribution in [2.24, 2.45) is 5.92 Å². The second kappa shape index (κ2) is 7.45. The fraction of sp³-hybridized carbons (Fsp3) is 1.00. The number of alkyl halides is 3. The second-order valence-electron chi connectivity index (χ2n) is 5.62. The van der Waals surface area contributed by atoms with Crippen molar-refractivity contribution in [3.63, 3.8) is 0 Å². The molecule has 1 aliphatic rings. The van der Waals surface area contributed by atoms with E-state index >= 15 is 0 Å². The molecule has 0 spiro atoms. The van der Waals surface area contributed by atoms with Gasteiger partial charge in [0.15, 0.2) is 0 Å². The summed E-state index contributed by atoms with van der Waals surface area (Å²) in [6, 6.07) is 0.893. The van der Waals surface area contributed by atoms with Crippen LogP contribution in [0.15, 0.2) is 0 Å². The van der Waals surface area contributed by atoms with Crippen LogP contribution in [0.5, 0.6) is 0 Å². The van der Waals surface area contributed by atoms with E-state index in [0.29, 0.717) is 24.4 Å². The molecule has 0 aromatic carbocycles. The number of hydrogen-bond donors (Lipinski definition) is 1. The molecule has 6 heteroatoms. The first-order valence-corrected chi connectivity index (χ1v) is 6.91. The standard InChI is InChI=1S/C13H25F3N2O/c1-10(2)12-8-18(11(3)7-17-12)5-4-6-19-9-13(14,15)16/h10-12,17H,4-9H2,1-3H3. The Hall–Kier alpha value is -0.330. The lowest BCUT2D eigenvalue weighted by atomic mass is 10.00. The lowest BCUT2D eigenvalue weighted by molar-refractivity contribution is -0.174. The Morgan fingerprint density at radius 1 is 1.37 bits per heavy atom. The van der Waals surface area contributed by atoms with Gasteiger partial charge in [0.1, 0.15) is 6.61 Å². The lowest BCUT2D eigenvalue weighted by Gasteiger charge is -2.40. The van der Waals surface area contributed by atoms with Gasteiger partial charge in [-0.1, -0.05) is 13.8 Å². The normalized spacial score (nSPS) is 26.1. The zero-order valence-corrected chi connectivity index (χ0v) is 12.0. The van der Waals surface area contributed by atoms with Gasteiger partial charge in [0.2, 0.25) is 0 Å². The molecular weight excluding hydrogens is 257 g/mol. The number of rotatable bonds is 6. The van der Waals surface area contributed by atoms with E-state index in [2.05, 4.69) is 35.7 Å². The molecule has 2 atom stereocenters. The van der Waals surface area contributed by atoms with E-state index in [1.807, 2.05) is 0 Å². The molecule has 0 bridgehead atoms. The molecule has 0 amide bonds. The van der Waals surface area contributed by atoms with Crippen molar-refractivity contribution >= 4 is 0 Å². The summed E-state index contributed by atoms with van der Waals surface area (Å²) in [6.07, 6.45) is -3.57. The Labute approximate surface area is 113 Å². The van der Waals surface area contributed by atoms with Crippen LogP contribution in [0.1, 0.15) is 27.2 Å². The summed E-state index contributed by atoms with van der Waals surface area (Å²) in [5.74, 6) is 0.566. The highest BCUT2D eigenvalue weighted by molar-refractivity contribution is 4.85. The average molecular weight is 282 g/mol. The van der Waals surface area contributed by atoms with Crippen molar-refractivity contribution in [1.29, 1.82) is 0 Å². The highest BCUT2D eigenvalue weighted by atomic mass is 19.4. The van der Waals surface area contributed by atoms with E-state index < -0.39 is 12.8 Å². The molecule has 1 heterocycles. The number of nitrogens with one attached hydrogen (secondary N) is 1. The van der Waals surface area contributed by atoms with Gasteiger partial charge in [-0.2, -0.15) is 13.2 Å². The minimum Gasteiger partial charge on any atom is -0.372 e. The molecule has 19 heavy (non-hydrogen) atoms. The van der Waals surface area contributed by atoms with Gasteiger partial charge < -0.3 is 10.1 Å². The van der Waals surface area contributed by atoms with Gasteiger partial charge in [0, 0.05) is 38.3 Å². The van der Waals surface area contributed by atoms with Crippen LogP contribution in [-0.4, -0.2) is 56.0 Å². The topological polar surface area (TPSA) is 24.5 Å². The van der Waals surface area contributed by atoms with E-state index in [1.54, 1.807) is 0 Å². The molecule has 2 unspecified atom stereocenters. The van der Waals surface area contributed by atoms with Crippen molar-refractivity contribution in [2.75, 3.05) is 32.8 Å². The summed E-state index contributed by atoms with van der Waals surface area (Å²) >= 11 is 0. The lowest BCUT2D eigenvalue weighted by Crippen LogP contribution is -2.57. The van der Waals surface area contributed by atoms with E-state index in [1.165, 1.54) is 0 Å². The third kappa shape index (κ3) is 6.58. The second-order valence-corrected chi connectivity index (χ2v) is 5.62. The van der Waals surface area contributed by atoms with Crippen molar-refractivity contribution in [1.82, 2.24) is 10.2 Å². The number of nitrogens with zero attached hydrogens (tertiary/aromatic N) is 1. The van der Waals surface area contributed by atoms with E-state index in [9.17, 15) is 13.2 Å². The van der Waals surface area contributed by atoms with Gasteiger partial charge in [-0.25, -0.2) is 0 Å². The highest BCUT2D eigenvalue weighted by Gasteiger charge is 2.28. The molecule has 1 fully saturated rings. The van der Waals surface area contributed by atoms with Gasteiger partial charge in [0.25, 0.3) is 0 Å². The fourth-order valence-electron chi connectivity index (χ4n) is 2.26. The number of ether oxygens (including phenoxy) is 1. The first-order valence-electron chi connectivity index (χ1n) is 6.91. The number of piperazine rings is 1. The zero-order valence-electron chi connectivity index (χ0n) is 12.0. The van der Waals surface area contributed by atoms with Gasteiger partial charge in [-0.3, -0.25) is 4.90 Å². The summed E-state index contributed by atoms with van der Waals surface area (Å²) in [4.78, 5) is 2.33. The predicted molar refractivity (Wildman–Crippen MR) is 69.2 cm³/mol. The van der Waals surface area contributed by atoms with Gasteiger partial charge in [-0.05, 0) is 19.3 Å². The minimum atomic E-state index is -4.22. The third-order valence-corrected chi connectivity index (χ3v) is 3.53. The first-order chi connectivity index (χ1) is 8.79. The smallest absolute Gasteiger partial charge is 0.372 e. The van der Waals surface area contributed by atoms with E-state index in [-0.39, 0.29) is 6.61 Å².